The fourth-order valence-corrected chi connectivity index (χ4v) is 3.76. The standard InChI is InChI=1S/C25H19Cl2N3O4/c1-2-34-20-11-9-19(10-12-20)30-24(32)21(27)22(25(30)33)28-17-7-3-5-15(13-17)23(31)29-18-8-4-6-16(26)14-18/h3-14,28H,2H2,1H3,(H,29,31). The molecule has 9 heteroatoms. The van der Waals surface area contributed by atoms with Crippen LogP contribution in [0, 0.1) is 0 Å². The Morgan fingerprint density at radius 3 is 2.32 bits per heavy atom. The van der Waals surface area contributed by atoms with E-state index in [4.69, 9.17) is 27.9 Å². The molecule has 4 rings (SSSR count). The molecule has 2 N–H and O–H groups in total. The molecule has 0 spiro atoms. The Morgan fingerprint density at radius 2 is 1.62 bits per heavy atom. The van der Waals surface area contributed by atoms with Crippen molar-refractivity contribution in [2.24, 2.45) is 0 Å². The number of anilines is 3. The maximum atomic E-state index is 13.0. The lowest BCUT2D eigenvalue weighted by Crippen LogP contribution is -2.32. The van der Waals surface area contributed by atoms with E-state index >= 15 is 0 Å². The second-order valence-corrected chi connectivity index (χ2v) is 8.05. The minimum atomic E-state index is -0.645. The fraction of sp³-hybridized carbons (Fsp3) is 0.0800. The van der Waals surface area contributed by atoms with Crippen molar-refractivity contribution in [2.45, 2.75) is 6.92 Å². The smallest absolute Gasteiger partial charge is 0.283 e. The van der Waals surface area contributed by atoms with Crippen LogP contribution in [-0.4, -0.2) is 24.3 Å². The van der Waals surface area contributed by atoms with Gasteiger partial charge in [-0.15, -0.1) is 0 Å². The molecule has 0 aromatic heterocycles. The third kappa shape index (κ3) is 4.90. The van der Waals surface area contributed by atoms with Gasteiger partial charge < -0.3 is 15.4 Å². The summed E-state index contributed by atoms with van der Waals surface area (Å²) in [6, 6.07) is 19.8. The van der Waals surface area contributed by atoms with Gasteiger partial charge in [-0.3, -0.25) is 14.4 Å². The zero-order valence-electron chi connectivity index (χ0n) is 18.0. The molecule has 172 valence electrons. The minimum Gasteiger partial charge on any atom is -0.494 e. The fourth-order valence-electron chi connectivity index (χ4n) is 3.36. The van der Waals surface area contributed by atoms with Gasteiger partial charge in [-0.25, -0.2) is 4.90 Å². The first-order chi connectivity index (χ1) is 16.4. The van der Waals surface area contributed by atoms with Crippen LogP contribution in [0.2, 0.25) is 5.02 Å². The van der Waals surface area contributed by atoms with E-state index in [0.29, 0.717) is 40.0 Å². The van der Waals surface area contributed by atoms with Gasteiger partial charge in [0.25, 0.3) is 17.7 Å². The molecule has 0 bridgehead atoms. The number of nitrogens with one attached hydrogen (secondary N) is 2. The number of ether oxygens (including phenoxy) is 1. The number of hydrogen-bond donors (Lipinski definition) is 2. The number of rotatable bonds is 7. The summed E-state index contributed by atoms with van der Waals surface area (Å²) >= 11 is 12.2. The van der Waals surface area contributed by atoms with Gasteiger partial charge in [-0.2, -0.15) is 0 Å². The Hall–Kier alpha value is -3.81. The SMILES string of the molecule is CCOc1ccc(N2C(=O)C(Cl)=C(Nc3cccc(C(=O)Nc4cccc(Cl)c4)c3)C2=O)cc1. The maximum absolute atomic E-state index is 13.0. The van der Waals surface area contributed by atoms with Gasteiger partial charge in [-0.05, 0) is 67.6 Å². The third-order valence-electron chi connectivity index (χ3n) is 4.91. The summed E-state index contributed by atoms with van der Waals surface area (Å²) in [5.41, 5.74) is 1.59. The lowest BCUT2D eigenvalue weighted by Gasteiger charge is -2.16. The number of hydrogen-bond acceptors (Lipinski definition) is 5. The highest BCUT2D eigenvalue weighted by molar-refractivity contribution is 6.53. The average Bonchev–Trinajstić information content (AvgIpc) is 3.03. The monoisotopic (exact) mass is 495 g/mol. The summed E-state index contributed by atoms with van der Waals surface area (Å²) in [6.07, 6.45) is 0. The number of carbonyl (C=O) groups excluding carboxylic acids is 3. The highest BCUT2D eigenvalue weighted by Gasteiger charge is 2.39. The first-order valence-corrected chi connectivity index (χ1v) is 11.1. The first-order valence-electron chi connectivity index (χ1n) is 10.3. The normalized spacial score (nSPS) is 13.3. The number of benzene rings is 3. The molecule has 1 aliphatic rings. The van der Waals surface area contributed by atoms with Crippen molar-refractivity contribution in [3.8, 4) is 5.75 Å². The van der Waals surface area contributed by atoms with Gasteiger partial charge in [0.05, 0.1) is 12.3 Å². The van der Waals surface area contributed by atoms with E-state index in [1.165, 1.54) is 0 Å². The molecular weight excluding hydrogens is 477 g/mol. The number of carbonyl (C=O) groups is 3. The first kappa shape index (κ1) is 23.4. The van der Waals surface area contributed by atoms with E-state index in [0.717, 1.165) is 4.90 Å². The third-order valence-corrected chi connectivity index (χ3v) is 5.50. The van der Waals surface area contributed by atoms with Crippen molar-refractivity contribution < 1.29 is 19.1 Å². The lowest BCUT2D eigenvalue weighted by molar-refractivity contribution is -0.120. The van der Waals surface area contributed by atoms with Crippen LogP contribution in [0.25, 0.3) is 0 Å². The van der Waals surface area contributed by atoms with Gasteiger partial charge >= 0.3 is 0 Å². The lowest BCUT2D eigenvalue weighted by atomic mass is 10.1. The number of halogens is 2. The van der Waals surface area contributed by atoms with Crippen LogP contribution in [0.1, 0.15) is 17.3 Å². The maximum Gasteiger partial charge on any atom is 0.283 e. The molecule has 7 nitrogen and oxygen atoms in total. The summed E-state index contributed by atoms with van der Waals surface area (Å²) in [6.45, 7) is 2.36. The highest BCUT2D eigenvalue weighted by Crippen LogP contribution is 2.31. The van der Waals surface area contributed by atoms with Crippen molar-refractivity contribution in [1.29, 1.82) is 0 Å². The van der Waals surface area contributed by atoms with Gasteiger partial charge in [0.15, 0.2) is 0 Å². The molecule has 0 fully saturated rings. The van der Waals surface area contributed by atoms with E-state index in [9.17, 15) is 14.4 Å². The zero-order chi connectivity index (χ0) is 24.2. The van der Waals surface area contributed by atoms with Crippen LogP contribution in [0.5, 0.6) is 5.75 Å². The molecule has 34 heavy (non-hydrogen) atoms. The Kier molecular flexibility index (Phi) is 6.86. The van der Waals surface area contributed by atoms with Crippen LogP contribution in [-0.2, 0) is 9.59 Å². The molecule has 3 amide bonds. The van der Waals surface area contributed by atoms with E-state index in [-0.39, 0.29) is 16.6 Å². The van der Waals surface area contributed by atoms with E-state index in [1.807, 2.05) is 6.92 Å². The second kappa shape index (κ2) is 9.99. The summed E-state index contributed by atoms with van der Waals surface area (Å²) in [5.74, 6) is -0.993. The molecule has 3 aromatic carbocycles. The van der Waals surface area contributed by atoms with Gasteiger partial charge in [0.2, 0.25) is 0 Å². The quantitative estimate of drug-likeness (QED) is 0.426. The van der Waals surface area contributed by atoms with Crippen molar-refractivity contribution in [3.05, 3.63) is 94.1 Å². The highest BCUT2D eigenvalue weighted by atomic mass is 35.5. The molecular formula is C25H19Cl2N3O4. The predicted octanol–water partition coefficient (Wildman–Crippen LogP) is 5.43. The van der Waals surface area contributed by atoms with Crippen LogP contribution in [0.4, 0.5) is 17.1 Å². The summed E-state index contributed by atoms with van der Waals surface area (Å²) in [7, 11) is 0. The second-order valence-electron chi connectivity index (χ2n) is 7.23. The van der Waals surface area contributed by atoms with E-state index in [1.54, 1.807) is 72.8 Å². The van der Waals surface area contributed by atoms with Crippen molar-refractivity contribution >= 4 is 58.0 Å². The predicted molar refractivity (Wildman–Crippen MR) is 132 cm³/mol. The van der Waals surface area contributed by atoms with Gasteiger partial charge in [-0.1, -0.05) is 35.3 Å². The zero-order valence-corrected chi connectivity index (χ0v) is 19.5. The molecule has 0 aliphatic carbocycles. The molecule has 0 atom stereocenters. The Bertz CT molecular complexity index is 1310. The number of nitrogens with zero attached hydrogens (tertiary/aromatic N) is 1. The summed E-state index contributed by atoms with van der Waals surface area (Å²) < 4.78 is 5.40. The Balaban J connectivity index is 1.51. The van der Waals surface area contributed by atoms with E-state index < -0.39 is 11.8 Å². The Morgan fingerprint density at radius 1 is 0.912 bits per heavy atom. The Labute approximate surface area is 205 Å². The van der Waals surface area contributed by atoms with E-state index in [2.05, 4.69) is 10.6 Å². The minimum absolute atomic E-state index is 0.0760. The van der Waals surface area contributed by atoms with Crippen LogP contribution in [0.15, 0.2) is 83.5 Å². The molecule has 1 heterocycles. The molecule has 1 aliphatic heterocycles. The summed E-state index contributed by atoms with van der Waals surface area (Å²) in [4.78, 5) is 39.3. The molecule has 0 radical (unpaired) electrons. The average molecular weight is 496 g/mol. The van der Waals surface area contributed by atoms with Crippen LogP contribution >= 0.6 is 23.2 Å². The van der Waals surface area contributed by atoms with Crippen molar-refractivity contribution in [3.63, 3.8) is 0 Å². The molecule has 3 aromatic rings. The largest absolute Gasteiger partial charge is 0.494 e. The number of imide groups is 1. The van der Waals surface area contributed by atoms with Gasteiger partial charge in [0.1, 0.15) is 16.5 Å². The number of amides is 3. The van der Waals surface area contributed by atoms with Crippen molar-refractivity contribution in [2.75, 3.05) is 22.1 Å². The van der Waals surface area contributed by atoms with Crippen molar-refractivity contribution in [1.82, 2.24) is 0 Å². The topological polar surface area (TPSA) is 87.7 Å². The molecule has 0 saturated heterocycles. The summed E-state index contributed by atoms with van der Waals surface area (Å²) in [5, 5.41) is 5.89. The molecule has 0 unspecified atom stereocenters. The van der Waals surface area contributed by atoms with Crippen LogP contribution in [0.3, 0.4) is 0 Å². The van der Waals surface area contributed by atoms with Gasteiger partial charge in [0, 0.05) is 22.0 Å². The van der Waals surface area contributed by atoms with Crippen LogP contribution < -0.4 is 20.3 Å². The molecule has 0 saturated carbocycles.